The third-order valence-electron chi connectivity index (χ3n) is 18.4. The largest absolute Gasteiger partial charge is 0.472 e. The normalized spacial score (nSPS) is 14.4. The molecule has 0 fully saturated rings. The first kappa shape index (κ1) is 96.5. The summed E-state index contributed by atoms with van der Waals surface area (Å²) in [6.07, 6.45) is 60.4. The molecular formula is C80H152O17P2. The van der Waals surface area contributed by atoms with Gasteiger partial charge in [-0.05, 0) is 69.1 Å². The molecule has 0 amide bonds. The number of esters is 4. The van der Waals surface area contributed by atoms with Crippen molar-refractivity contribution in [2.75, 3.05) is 39.6 Å². The number of rotatable bonds is 76. The van der Waals surface area contributed by atoms with Crippen molar-refractivity contribution in [2.24, 2.45) is 17.8 Å². The summed E-state index contributed by atoms with van der Waals surface area (Å²) in [6.45, 7) is 11.9. The van der Waals surface area contributed by atoms with Gasteiger partial charge in [-0.2, -0.15) is 0 Å². The average Bonchev–Trinajstić information content (AvgIpc) is 1.14. The van der Waals surface area contributed by atoms with E-state index in [1.165, 1.54) is 180 Å². The molecule has 0 aromatic heterocycles. The summed E-state index contributed by atoms with van der Waals surface area (Å²) in [5.41, 5.74) is 0. The van der Waals surface area contributed by atoms with Crippen molar-refractivity contribution in [3.8, 4) is 0 Å². The Hall–Kier alpha value is -2.46. The third-order valence-corrected chi connectivity index (χ3v) is 20.3. The van der Waals surface area contributed by atoms with E-state index in [1.807, 2.05) is 0 Å². The van der Waals surface area contributed by atoms with Gasteiger partial charge in [-0.1, -0.05) is 336 Å². The Morgan fingerprint density at radius 3 is 0.899 bits per heavy atom. The van der Waals surface area contributed by atoms with Crippen LogP contribution in [0.25, 0.3) is 0 Å². The second kappa shape index (κ2) is 69.9. The van der Waals surface area contributed by atoms with E-state index < -0.39 is 97.5 Å². The zero-order chi connectivity index (χ0) is 73.0. The fourth-order valence-electron chi connectivity index (χ4n) is 11.7. The van der Waals surface area contributed by atoms with Gasteiger partial charge in [0.2, 0.25) is 0 Å². The van der Waals surface area contributed by atoms with E-state index in [4.69, 9.17) is 37.0 Å². The number of phosphoric acid groups is 2. The van der Waals surface area contributed by atoms with Gasteiger partial charge in [0.05, 0.1) is 26.4 Å². The van der Waals surface area contributed by atoms with E-state index >= 15 is 0 Å². The molecule has 19 heteroatoms. The second-order valence-corrected chi connectivity index (χ2v) is 32.2. The lowest BCUT2D eigenvalue weighted by atomic mass is 9.99. The highest BCUT2D eigenvalue weighted by Gasteiger charge is 2.30. The van der Waals surface area contributed by atoms with Crippen molar-refractivity contribution in [1.29, 1.82) is 0 Å². The van der Waals surface area contributed by atoms with E-state index in [2.05, 4.69) is 72.8 Å². The Labute approximate surface area is 605 Å². The zero-order valence-corrected chi connectivity index (χ0v) is 66.2. The number of aliphatic hydroxyl groups excluding tert-OH is 1. The van der Waals surface area contributed by atoms with Crippen LogP contribution in [0.5, 0.6) is 0 Å². The number of carbonyl (C=O) groups excluding carboxylic acids is 4. The van der Waals surface area contributed by atoms with Gasteiger partial charge < -0.3 is 33.8 Å². The molecule has 0 radical (unpaired) electrons. The smallest absolute Gasteiger partial charge is 0.462 e. The highest BCUT2D eigenvalue weighted by molar-refractivity contribution is 7.47. The number of phosphoric ester groups is 2. The molecule has 0 aliphatic rings. The summed E-state index contributed by atoms with van der Waals surface area (Å²) < 4.78 is 68.6. The third kappa shape index (κ3) is 72.3. The molecule has 0 aliphatic heterocycles. The fourth-order valence-corrected chi connectivity index (χ4v) is 13.3. The molecule has 0 saturated heterocycles. The van der Waals surface area contributed by atoms with Gasteiger partial charge in [0, 0.05) is 25.7 Å². The molecule has 0 spiro atoms. The van der Waals surface area contributed by atoms with Crippen LogP contribution in [0.1, 0.15) is 389 Å². The van der Waals surface area contributed by atoms with E-state index in [0.717, 1.165) is 121 Å². The molecule has 3 N–H and O–H groups in total. The van der Waals surface area contributed by atoms with Crippen molar-refractivity contribution in [1.82, 2.24) is 0 Å². The number of aliphatic hydroxyl groups is 1. The van der Waals surface area contributed by atoms with Crippen LogP contribution in [0.2, 0.25) is 0 Å². The van der Waals surface area contributed by atoms with Crippen LogP contribution >= 0.6 is 15.6 Å². The maximum atomic E-state index is 13.1. The molecule has 0 aromatic rings. The van der Waals surface area contributed by atoms with Crippen molar-refractivity contribution in [3.63, 3.8) is 0 Å². The number of ether oxygens (including phenoxy) is 4. The Bertz CT molecular complexity index is 2020. The van der Waals surface area contributed by atoms with Gasteiger partial charge in [-0.3, -0.25) is 37.3 Å². The van der Waals surface area contributed by atoms with E-state index in [9.17, 15) is 43.2 Å². The number of carbonyl (C=O) groups is 4. The quantitative estimate of drug-likeness (QED) is 0.0169. The molecule has 0 heterocycles. The van der Waals surface area contributed by atoms with Gasteiger partial charge in [0.25, 0.3) is 0 Å². The Balaban J connectivity index is 5.29. The van der Waals surface area contributed by atoms with Crippen LogP contribution in [0, 0.1) is 17.8 Å². The minimum atomic E-state index is -4.97. The fraction of sp³-hybridized carbons (Fsp3) is 0.900. The summed E-state index contributed by atoms with van der Waals surface area (Å²) in [4.78, 5) is 72.9. The second-order valence-electron chi connectivity index (χ2n) is 29.3. The van der Waals surface area contributed by atoms with Crippen molar-refractivity contribution >= 4 is 39.5 Å². The van der Waals surface area contributed by atoms with Gasteiger partial charge >= 0.3 is 39.5 Å². The van der Waals surface area contributed by atoms with Crippen LogP contribution < -0.4 is 0 Å². The summed E-state index contributed by atoms with van der Waals surface area (Å²) in [5, 5.41) is 10.6. The summed E-state index contributed by atoms with van der Waals surface area (Å²) >= 11 is 0. The first-order valence-electron chi connectivity index (χ1n) is 40.7. The monoisotopic (exact) mass is 1450 g/mol. The lowest BCUT2D eigenvalue weighted by Crippen LogP contribution is -2.30. The first-order valence-corrected chi connectivity index (χ1v) is 43.7. The number of allylic oxidation sites excluding steroid dienone is 4. The highest BCUT2D eigenvalue weighted by atomic mass is 31.2. The minimum Gasteiger partial charge on any atom is -0.462 e. The lowest BCUT2D eigenvalue weighted by Gasteiger charge is -2.21. The minimum absolute atomic E-state index is 0.0841. The predicted molar refractivity (Wildman–Crippen MR) is 404 cm³/mol. The standard InChI is InChI=1S/C80H152O17P2/c1-8-10-11-12-13-14-15-16-17-23-29-34-41-49-56-63-80(85)97-76(68-91-78(83)62-55-48-43-36-38-45-52-59-72(5)6)70-95-99(88,89)93-66-74(81)65-92-98(86,87)94-69-75(67-90-77(82)61-54-47-40-33-28-25-20-21-26-31-37-44-51-58-71(3)4)96-79(84)64-57-50-42-35-30-24-19-18-22-27-32-39-46-53-60-73(7)9-2/h14-17,71-76,81H,8-13,18-70H2,1-7H3,(H,86,87)(H,88,89)/b15-14-,17-16-/t73?,74?,75-,76-/m1/s1. The van der Waals surface area contributed by atoms with E-state index in [0.29, 0.717) is 31.6 Å². The number of unbranched alkanes of at least 4 members (excludes halogenated alkanes) is 40. The van der Waals surface area contributed by atoms with Crippen LogP contribution in [-0.4, -0.2) is 96.7 Å². The summed E-state index contributed by atoms with van der Waals surface area (Å²) in [6, 6.07) is 0. The van der Waals surface area contributed by atoms with Crippen molar-refractivity contribution in [3.05, 3.63) is 24.3 Å². The molecule has 4 unspecified atom stereocenters. The summed E-state index contributed by atoms with van der Waals surface area (Å²) in [7, 11) is -9.93. The Morgan fingerprint density at radius 2 is 0.596 bits per heavy atom. The molecule has 0 aliphatic carbocycles. The Kier molecular flexibility index (Phi) is 68.1. The van der Waals surface area contributed by atoms with Crippen molar-refractivity contribution in [2.45, 2.75) is 407 Å². The molecule has 17 nitrogen and oxygen atoms in total. The molecule has 0 aromatic carbocycles. The Morgan fingerprint density at radius 1 is 0.333 bits per heavy atom. The van der Waals surface area contributed by atoms with Crippen molar-refractivity contribution < 1.29 is 80.2 Å². The van der Waals surface area contributed by atoms with E-state index in [1.54, 1.807) is 0 Å². The molecule has 0 bridgehead atoms. The van der Waals surface area contributed by atoms with Crippen LogP contribution in [-0.2, 0) is 65.4 Å². The molecular weight excluding hydrogens is 1290 g/mol. The van der Waals surface area contributed by atoms with Gasteiger partial charge in [-0.15, -0.1) is 0 Å². The van der Waals surface area contributed by atoms with Crippen LogP contribution in [0.3, 0.4) is 0 Å². The lowest BCUT2D eigenvalue weighted by molar-refractivity contribution is -0.161. The van der Waals surface area contributed by atoms with Gasteiger partial charge in [0.1, 0.15) is 19.3 Å². The first-order chi connectivity index (χ1) is 47.8. The number of hydrogen-bond donors (Lipinski definition) is 3. The zero-order valence-electron chi connectivity index (χ0n) is 64.4. The number of hydrogen-bond acceptors (Lipinski definition) is 15. The SMILES string of the molecule is CCCCCC/C=C\C=C/CCCCCCCC(=O)O[C@H](COC(=O)CCCCCCCCCC(C)C)COP(=O)(O)OCC(O)COP(=O)(O)OC[C@@H](COC(=O)CCCCCCCCCCCCCCCC(C)C)OC(=O)CCCCCCCCCCCCCCCCC(C)CC. The average molecular weight is 1450 g/mol. The van der Waals surface area contributed by atoms with E-state index in [-0.39, 0.29) is 25.7 Å². The molecule has 584 valence electrons. The maximum Gasteiger partial charge on any atom is 0.472 e. The molecule has 0 rings (SSSR count). The predicted octanol–water partition coefficient (Wildman–Crippen LogP) is 23.3. The highest BCUT2D eigenvalue weighted by Crippen LogP contribution is 2.45. The molecule has 99 heavy (non-hydrogen) atoms. The molecule has 0 saturated carbocycles. The summed E-state index contributed by atoms with van der Waals surface area (Å²) in [5.74, 6) is 0.192. The molecule has 6 atom stereocenters. The van der Waals surface area contributed by atoms with Crippen LogP contribution in [0.4, 0.5) is 0 Å². The van der Waals surface area contributed by atoms with Gasteiger partial charge in [0.15, 0.2) is 12.2 Å². The van der Waals surface area contributed by atoms with Gasteiger partial charge in [-0.25, -0.2) is 9.13 Å². The topological polar surface area (TPSA) is 237 Å². The maximum absolute atomic E-state index is 13.1. The van der Waals surface area contributed by atoms with Crippen LogP contribution in [0.15, 0.2) is 24.3 Å².